The lowest BCUT2D eigenvalue weighted by atomic mass is 10.0. The molecule has 0 fully saturated rings. The minimum atomic E-state index is -0.773. The smallest absolute Gasteiger partial charge is 0.270 e. The second kappa shape index (κ2) is 11.2. The van der Waals surface area contributed by atoms with Crippen LogP contribution in [-0.4, -0.2) is 42.4 Å². The van der Waals surface area contributed by atoms with E-state index in [9.17, 15) is 23.6 Å². The number of halogens is 1. The summed E-state index contributed by atoms with van der Waals surface area (Å²) >= 11 is 0. The fourth-order valence-corrected chi connectivity index (χ4v) is 4.94. The van der Waals surface area contributed by atoms with E-state index in [0.29, 0.717) is 17.8 Å². The van der Waals surface area contributed by atoms with Crippen molar-refractivity contribution in [1.82, 2.24) is 41.2 Å². The zero-order valence-electron chi connectivity index (χ0n) is 22.3. The summed E-state index contributed by atoms with van der Waals surface area (Å²) in [5.41, 5.74) is 7.42. The maximum absolute atomic E-state index is 14.3. The predicted molar refractivity (Wildman–Crippen MR) is 151 cm³/mol. The Kier molecular flexibility index (Phi) is 7.11. The molecule has 0 aliphatic heterocycles. The van der Waals surface area contributed by atoms with Gasteiger partial charge in [-0.15, -0.1) is 10.2 Å². The first-order chi connectivity index (χ1) is 20.8. The molecule has 2 heterocycles. The van der Waals surface area contributed by atoms with Crippen LogP contribution in [0.3, 0.4) is 0 Å². The quantitative estimate of drug-likeness (QED) is 0.154. The van der Waals surface area contributed by atoms with Gasteiger partial charge in [-0.3, -0.25) is 19.2 Å². The first-order valence-electron chi connectivity index (χ1n) is 13.2. The highest BCUT2D eigenvalue weighted by Crippen LogP contribution is 2.33. The Bertz CT molecular complexity index is 1930. The van der Waals surface area contributed by atoms with Crippen LogP contribution in [0.1, 0.15) is 55.7 Å². The number of tetrazole rings is 1. The van der Waals surface area contributed by atoms with Crippen molar-refractivity contribution in [2.45, 2.75) is 32.0 Å². The summed E-state index contributed by atoms with van der Waals surface area (Å²) in [6.07, 6.45) is 2.59. The highest BCUT2D eigenvalue weighted by Gasteiger charge is 2.26. The Labute approximate surface area is 241 Å². The van der Waals surface area contributed by atoms with Crippen molar-refractivity contribution in [2.24, 2.45) is 0 Å². The molecule has 2 amide bonds. The zero-order chi connectivity index (χ0) is 30.1. The number of carbonyl (C=O) groups is 2. The van der Waals surface area contributed by atoms with Crippen molar-refractivity contribution < 1.29 is 14.0 Å². The summed E-state index contributed by atoms with van der Waals surface area (Å²) in [6, 6.07) is 11.1. The van der Waals surface area contributed by atoms with Gasteiger partial charge >= 0.3 is 0 Å². The van der Waals surface area contributed by atoms with Crippen LogP contribution in [0.4, 0.5) is 15.8 Å². The van der Waals surface area contributed by atoms with E-state index in [-0.39, 0.29) is 47.5 Å². The third kappa shape index (κ3) is 5.42. The van der Waals surface area contributed by atoms with Crippen LogP contribution in [-0.2, 0) is 19.5 Å². The minimum absolute atomic E-state index is 0.0173. The maximum Gasteiger partial charge on any atom is 0.270 e. The van der Waals surface area contributed by atoms with Crippen molar-refractivity contribution in [2.75, 3.05) is 11.1 Å². The molecule has 0 saturated heterocycles. The fourth-order valence-electron chi connectivity index (χ4n) is 4.94. The van der Waals surface area contributed by atoms with Gasteiger partial charge in [0.05, 0.1) is 6.04 Å². The summed E-state index contributed by atoms with van der Waals surface area (Å²) in [5.74, 6) is -1.06. The van der Waals surface area contributed by atoms with E-state index >= 15 is 0 Å². The molecule has 216 valence electrons. The average molecular weight is 583 g/mol. The van der Waals surface area contributed by atoms with E-state index < -0.39 is 28.5 Å². The third-order valence-corrected chi connectivity index (χ3v) is 7.23. The first kappa shape index (κ1) is 27.3. The molecule has 0 bridgehead atoms. The number of H-pyrrole nitrogens is 1. The lowest BCUT2D eigenvalue weighted by Crippen LogP contribution is -2.37. The van der Waals surface area contributed by atoms with Crippen molar-refractivity contribution in [1.29, 1.82) is 0 Å². The first-order valence-corrected chi connectivity index (χ1v) is 13.2. The molecule has 5 aromatic rings. The van der Waals surface area contributed by atoms with Gasteiger partial charge in [-0.05, 0) is 52.9 Å². The van der Waals surface area contributed by atoms with E-state index in [2.05, 4.69) is 46.5 Å². The Balaban J connectivity index is 1.07. The second-order valence-corrected chi connectivity index (χ2v) is 9.91. The Hall–Kier alpha value is -5.86. The largest absolute Gasteiger partial charge is 0.394 e. The van der Waals surface area contributed by atoms with Gasteiger partial charge in [0.2, 0.25) is 5.82 Å². The van der Waals surface area contributed by atoms with Crippen molar-refractivity contribution in [3.8, 4) is 11.4 Å². The SMILES string of the molecule is Nc1c(NCc2cc(CNC(=O)c3cc(C(=O)N[C@H]4CCc5cc(-c6nn[nH]n6)ccc54)ncn3)ccc2F)c(=O)c1=O. The minimum Gasteiger partial charge on any atom is -0.394 e. The van der Waals surface area contributed by atoms with Crippen LogP contribution in [0.2, 0.25) is 0 Å². The number of hydrogen-bond acceptors (Lipinski definition) is 11. The highest BCUT2D eigenvalue weighted by atomic mass is 19.1. The van der Waals surface area contributed by atoms with Gasteiger partial charge in [-0.1, -0.05) is 18.2 Å². The summed E-state index contributed by atoms with van der Waals surface area (Å²) in [5, 5.41) is 22.3. The molecule has 15 heteroatoms. The Morgan fingerprint density at radius 3 is 2.58 bits per heavy atom. The summed E-state index contributed by atoms with van der Waals surface area (Å²) in [6.45, 7) is -0.0525. The van der Waals surface area contributed by atoms with Crippen LogP contribution in [0.25, 0.3) is 11.4 Å². The number of hydrogen-bond donors (Lipinski definition) is 5. The summed E-state index contributed by atoms with van der Waals surface area (Å²) in [4.78, 5) is 56.7. The van der Waals surface area contributed by atoms with Crippen molar-refractivity contribution in [3.05, 3.63) is 109 Å². The molecule has 1 aliphatic rings. The predicted octanol–water partition coefficient (Wildman–Crippen LogP) is 0.933. The monoisotopic (exact) mass is 582 g/mol. The Morgan fingerprint density at radius 1 is 1.00 bits per heavy atom. The number of anilines is 2. The number of carbonyl (C=O) groups excluding carboxylic acids is 2. The molecular weight excluding hydrogens is 559 g/mol. The number of rotatable bonds is 9. The normalized spacial score (nSPS) is 13.9. The summed E-state index contributed by atoms with van der Waals surface area (Å²) in [7, 11) is 0. The number of nitrogen functional groups attached to an aromatic ring is 1. The number of benzene rings is 2. The molecule has 6 rings (SSSR count). The number of nitrogens with zero attached hydrogens (tertiary/aromatic N) is 5. The highest BCUT2D eigenvalue weighted by molar-refractivity contribution is 5.97. The van der Waals surface area contributed by atoms with Gasteiger partial charge < -0.3 is 21.7 Å². The number of aromatic nitrogens is 6. The molecule has 1 atom stereocenters. The fraction of sp³-hybridized carbons (Fsp3) is 0.179. The molecule has 43 heavy (non-hydrogen) atoms. The van der Waals surface area contributed by atoms with E-state index in [1.165, 1.54) is 24.3 Å². The van der Waals surface area contributed by atoms with E-state index in [0.717, 1.165) is 29.4 Å². The van der Waals surface area contributed by atoms with Crippen LogP contribution < -0.4 is 32.5 Å². The maximum atomic E-state index is 14.3. The Morgan fingerprint density at radius 2 is 1.81 bits per heavy atom. The lowest BCUT2D eigenvalue weighted by molar-refractivity contribution is 0.0931. The second-order valence-electron chi connectivity index (χ2n) is 9.91. The van der Waals surface area contributed by atoms with Gasteiger partial charge in [0.15, 0.2) is 0 Å². The van der Waals surface area contributed by atoms with Gasteiger partial charge in [-0.25, -0.2) is 14.4 Å². The van der Waals surface area contributed by atoms with Gasteiger partial charge in [0.25, 0.3) is 22.7 Å². The number of nitrogens with one attached hydrogen (secondary N) is 4. The van der Waals surface area contributed by atoms with Crippen LogP contribution >= 0.6 is 0 Å². The molecule has 0 saturated carbocycles. The lowest BCUT2D eigenvalue weighted by Gasteiger charge is -2.14. The van der Waals surface area contributed by atoms with Gasteiger partial charge in [0.1, 0.15) is 34.9 Å². The van der Waals surface area contributed by atoms with Gasteiger partial charge in [0, 0.05) is 30.3 Å². The topological polar surface area (TPSA) is 211 Å². The molecular formula is C28H23FN10O4. The molecule has 2 aromatic heterocycles. The van der Waals surface area contributed by atoms with E-state index in [1.807, 2.05) is 18.2 Å². The zero-order valence-corrected chi connectivity index (χ0v) is 22.3. The third-order valence-electron chi connectivity index (χ3n) is 7.23. The van der Waals surface area contributed by atoms with Crippen molar-refractivity contribution in [3.63, 3.8) is 0 Å². The number of amides is 2. The molecule has 0 spiro atoms. The molecule has 6 N–H and O–H groups in total. The number of nitrogens with two attached hydrogens (primary N) is 1. The molecule has 14 nitrogen and oxygen atoms in total. The number of fused-ring (bicyclic) bond motifs is 1. The number of aromatic amines is 1. The van der Waals surface area contributed by atoms with Crippen LogP contribution in [0.5, 0.6) is 0 Å². The van der Waals surface area contributed by atoms with Gasteiger partial charge in [-0.2, -0.15) is 5.21 Å². The average Bonchev–Trinajstić information content (AvgIpc) is 3.71. The standard InChI is InChI=1S/C28H23FN10O4/c29-18-5-1-13(7-16(18)11-31-23-22(30)24(40)25(23)41)10-32-27(42)20-9-21(34-12-33-20)28(43)35-19-6-3-14-8-15(2-4-17(14)19)26-36-38-39-37-26/h1-2,4-5,7-9,12,19,31H,3,6,10-11,30H2,(H,32,42)(H,35,43)(H,36,37,38,39)/t19-/m0/s1. The van der Waals surface area contributed by atoms with Crippen molar-refractivity contribution >= 4 is 23.2 Å². The van der Waals surface area contributed by atoms with E-state index in [1.54, 1.807) is 0 Å². The number of aryl methyl sites for hydroxylation is 1. The van der Waals surface area contributed by atoms with E-state index in [4.69, 9.17) is 5.73 Å². The van der Waals surface area contributed by atoms with Crippen LogP contribution in [0, 0.1) is 5.82 Å². The summed E-state index contributed by atoms with van der Waals surface area (Å²) < 4.78 is 14.3. The molecule has 1 aliphatic carbocycles. The molecule has 0 radical (unpaired) electrons. The van der Waals surface area contributed by atoms with Crippen LogP contribution in [0.15, 0.2) is 58.4 Å². The molecule has 0 unspecified atom stereocenters. The molecule has 3 aromatic carbocycles.